The van der Waals surface area contributed by atoms with Gasteiger partial charge in [0.15, 0.2) is 5.16 Å². The molecule has 0 aliphatic heterocycles. The van der Waals surface area contributed by atoms with Crippen LogP contribution in [0.4, 0.5) is 0 Å². The standard InChI is InChI=1S/C14H24N4OS/c1-3-12-16-17-14(18(12)2)20-10-13(19)15-11-8-6-4-5-7-9-11/h11H,3-10H2,1-2H3,(H,15,19). The molecule has 0 unspecified atom stereocenters. The predicted octanol–water partition coefficient (Wildman–Crippen LogP) is 2.31. The first-order valence-corrected chi connectivity index (χ1v) is 8.49. The molecule has 1 saturated carbocycles. The zero-order valence-electron chi connectivity index (χ0n) is 12.4. The van der Waals surface area contributed by atoms with Crippen LogP contribution >= 0.6 is 11.8 Å². The van der Waals surface area contributed by atoms with E-state index in [1.54, 1.807) is 0 Å². The lowest BCUT2D eigenvalue weighted by molar-refractivity contribution is -0.119. The van der Waals surface area contributed by atoms with Gasteiger partial charge in [-0.2, -0.15) is 0 Å². The Balaban J connectivity index is 1.78. The van der Waals surface area contributed by atoms with Crippen LogP contribution in [0.15, 0.2) is 5.16 Å². The van der Waals surface area contributed by atoms with E-state index in [-0.39, 0.29) is 5.91 Å². The van der Waals surface area contributed by atoms with Crippen molar-refractivity contribution >= 4 is 17.7 Å². The first-order valence-electron chi connectivity index (χ1n) is 7.51. The summed E-state index contributed by atoms with van der Waals surface area (Å²) in [7, 11) is 1.95. The smallest absolute Gasteiger partial charge is 0.230 e. The number of thioether (sulfide) groups is 1. The molecule has 112 valence electrons. The zero-order chi connectivity index (χ0) is 14.4. The van der Waals surface area contributed by atoms with E-state index in [0.29, 0.717) is 11.8 Å². The third kappa shape index (κ3) is 4.23. The van der Waals surface area contributed by atoms with Crippen LogP contribution in [-0.2, 0) is 18.3 Å². The van der Waals surface area contributed by atoms with E-state index in [9.17, 15) is 4.79 Å². The lowest BCUT2D eigenvalue weighted by atomic mass is 10.1. The van der Waals surface area contributed by atoms with Gasteiger partial charge in [0.05, 0.1) is 5.75 Å². The van der Waals surface area contributed by atoms with Crippen LogP contribution in [0.1, 0.15) is 51.3 Å². The number of amides is 1. The topological polar surface area (TPSA) is 59.8 Å². The first-order chi connectivity index (χ1) is 9.70. The van der Waals surface area contributed by atoms with Gasteiger partial charge in [-0.05, 0) is 12.8 Å². The van der Waals surface area contributed by atoms with Crippen molar-refractivity contribution in [2.75, 3.05) is 5.75 Å². The van der Waals surface area contributed by atoms with Crippen LogP contribution < -0.4 is 5.32 Å². The third-order valence-electron chi connectivity index (χ3n) is 3.79. The number of hydrogen-bond acceptors (Lipinski definition) is 4. The van der Waals surface area contributed by atoms with Gasteiger partial charge in [0.25, 0.3) is 0 Å². The van der Waals surface area contributed by atoms with E-state index in [4.69, 9.17) is 0 Å². The zero-order valence-corrected chi connectivity index (χ0v) is 13.2. The minimum atomic E-state index is 0.114. The fourth-order valence-electron chi connectivity index (χ4n) is 2.60. The quantitative estimate of drug-likeness (QED) is 0.669. The molecule has 1 fully saturated rings. The Kier molecular flexibility index (Phi) is 5.88. The van der Waals surface area contributed by atoms with Crippen molar-refractivity contribution in [1.82, 2.24) is 20.1 Å². The van der Waals surface area contributed by atoms with Crippen LogP contribution in [0.3, 0.4) is 0 Å². The van der Waals surface area contributed by atoms with Gasteiger partial charge in [-0.1, -0.05) is 44.4 Å². The number of nitrogens with zero attached hydrogens (tertiary/aromatic N) is 3. The van der Waals surface area contributed by atoms with E-state index in [1.807, 2.05) is 11.6 Å². The van der Waals surface area contributed by atoms with Crippen molar-refractivity contribution in [3.8, 4) is 0 Å². The summed E-state index contributed by atoms with van der Waals surface area (Å²) in [5, 5.41) is 12.2. The van der Waals surface area contributed by atoms with Gasteiger partial charge in [0, 0.05) is 19.5 Å². The fraction of sp³-hybridized carbons (Fsp3) is 0.786. The lowest BCUT2D eigenvalue weighted by Crippen LogP contribution is -2.35. The molecule has 1 N–H and O–H groups in total. The molecule has 0 aromatic carbocycles. The Hall–Kier alpha value is -1.04. The molecule has 1 heterocycles. The molecular formula is C14H24N4OS. The van der Waals surface area contributed by atoms with Crippen molar-refractivity contribution in [3.63, 3.8) is 0 Å². The number of aromatic nitrogens is 3. The Morgan fingerprint density at radius 3 is 2.60 bits per heavy atom. The maximum atomic E-state index is 12.0. The Bertz CT molecular complexity index is 438. The van der Waals surface area contributed by atoms with Gasteiger partial charge in [-0.25, -0.2) is 0 Å². The van der Waals surface area contributed by atoms with Crippen molar-refractivity contribution in [1.29, 1.82) is 0 Å². The summed E-state index contributed by atoms with van der Waals surface area (Å²) in [5.41, 5.74) is 0. The van der Waals surface area contributed by atoms with E-state index in [1.165, 1.54) is 37.4 Å². The summed E-state index contributed by atoms with van der Waals surface area (Å²) < 4.78 is 1.96. The number of aryl methyl sites for hydroxylation is 1. The average molecular weight is 296 g/mol. The highest BCUT2D eigenvalue weighted by Gasteiger charge is 2.16. The van der Waals surface area contributed by atoms with Crippen molar-refractivity contribution in [2.45, 2.75) is 63.1 Å². The highest BCUT2D eigenvalue weighted by atomic mass is 32.2. The summed E-state index contributed by atoms with van der Waals surface area (Å²) >= 11 is 1.46. The normalized spacial score (nSPS) is 16.9. The Morgan fingerprint density at radius 2 is 2.00 bits per heavy atom. The predicted molar refractivity (Wildman–Crippen MR) is 80.7 cm³/mol. The molecule has 1 aromatic rings. The van der Waals surface area contributed by atoms with Crippen LogP contribution in [0.2, 0.25) is 0 Å². The molecule has 2 rings (SSSR count). The van der Waals surface area contributed by atoms with Gasteiger partial charge < -0.3 is 9.88 Å². The molecule has 1 aliphatic rings. The highest BCUT2D eigenvalue weighted by Crippen LogP contribution is 2.18. The minimum absolute atomic E-state index is 0.114. The average Bonchev–Trinajstić information content (AvgIpc) is 2.64. The lowest BCUT2D eigenvalue weighted by Gasteiger charge is -2.15. The summed E-state index contributed by atoms with van der Waals surface area (Å²) in [6, 6.07) is 0.372. The number of nitrogens with one attached hydrogen (secondary N) is 1. The number of carbonyl (C=O) groups is 1. The first kappa shape index (κ1) is 15.4. The second-order valence-corrected chi connectivity index (χ2v) is 6.30. The van der Waals surface area contributed by atoms with Gasteiger partial charge in [-0.15, -0.1) is 10.2 Å². The van der Waals surface area contributed by atoms with Crippen LogP contribution in [0.5, 0.6) is 0 Å². The molecule has 0 saturated heterocycles. The molecule has 0 bridgehead atoms. The second kappa shape index (κ2) is 7.67. The fourth-order valence-corrected chi connectivity index (χ4v) is 3.34. The minimum Gasteiger partial charge on any atom is -0.353 e. The van der Waals surface area contributed by atoms with Crippen molar-refractivity contribution in [2.24, 2.45) is 7.05 Å². The third-order valence-corrected chi connectivity index (χ3v) is 4.81. The molecule has 0 spiro atoms. The van der Waals surface area contributed by atoms with Gasteiger partial charge >= 0.3 is 0 Å². The Labute approximate surface area is 124 Å². The summed E-state index contributed by atoms with van der Waals surface area (Å²) in [4.78, 5) is 12.0. The molecular weight excluding hydrogens is 272 g/mol. The van der Waals surface area contributed by atoms with Crippen molar-refractivity contribution < 1.29 is 4.79 Å². The molecule has 20 heavy (non-hydrogen) atoms. The molecule has 0 atom stereocenters. The maximum Gasteiger partial charge on any atom is 0.230 e. The molecule has 5 nitrogen and oxygen atoms in total. The molecule has 1 aliphatic carbocycles. The molecule has 1 amide bonds. The molecule has 1 aromatic heterocycles. The monoisotopic (exact) mass is 296 g/mol. The largest absolute Gasteiger partial charge is 0.353 e. The summed E-state index contributed by atoms with van der Waals surface area (Å²) in [6.07, 6.45) is 8.20. The number of rotatable bonds is 5. The van der Waals surface area contributed by atoms with Crippen LogP contribution in [-0.4, -0.2) is 32.5 Å². The van der Waals surface area contributed by atoms with Gasteiger partial charge in [0.1, 0.15) is 5.82 Å². The van der Waals surface area contributed by atoms with Crippen LogP contribution in [0.25, 0.3) is 0 Å². The number of carbonyl (C=O) groups excluding carboxylic acids is 1. The van der Waals surface area contributed by atoms with Crippen LogP contribution in [0, 0.1) is 0 Å². The van der Waals surface area contributed by atoms with E-state index in [0.717, 1.165) is 30.2 Å². The van der Waals surface area contributed by atoms with Crippen molar-refractivity contribution in [3.05, 3.63) is 5.82 Å². The molecule has 0 radical (unpaired) electrons. The van der Waals surface area contributed by atoms with E-state index >= 15 is 0 Å². The summed E-state index contributed by atoms with van der Waals surface area (Å²) in [5.74, 6) is 1.49. The highest BCUT2D eigenvalue weighted by molar-refractivity contribution is 7.99. The maximum absolute atomic E-state index is 12.0. The number of hydrogen-bond donors (Lipinski definition) is 1. The molecule has 6 heteroatoms. The van der Waals surface area contributed by atoms with Gasteiger partial charge in [-0.3, -0.25) is 4.79 Å². The second-order valence-electron chi connectivity index (χ2n) is 5.36. The van der Waals surface area contributed by atoms with E-state index < -0.39 is 0 Å². The van der Waals surface area contributed by atoms with Gasteiger partial charge in [0.2, 0.25) is 5.91 Å². The van der Waals surface area contributed by atoms with E-state index in [2.05, 4.69) is 22.4 Å². The summed E-state index contributed by atoms with van der Waals surface area (Å²) in [6.45, 7) is 2.05. The SMILES string of the molecule is CCc1nnc(SCC(=O)NC2CCCCCC2)n1C. The Morgan fingerprint density at radius 1 is 1.30 bits per heavy atom.